The molecule has 0 saturated carbocycles. The van der Waals surface area contributed by atoms with Gasteiger partial charge in [0.25, 0.3) is 5.91 Å². The van der Waals surface area contributed by atoms with Gasteiger partial charge in [-0.3, -0.25) is 19.3 Å². The SMILES string of the molecule is CCCCN1C(=O)[C@H]2[C@@H](ON(c3ccccc3)[C@H]2c2cc(Br)ccc2O)C1=O. The molecule has 28 heavy (non-hydrogen) atoms. The Balaban J connectivity index is 1.79. The summed E-state index contributed by atoms with van der Waals surface area (Å²) in [5.74, 6) is -1.19. The fourth-order valence-electron chi connectivity index (χ4n) is 3.89. The molecule has 0 radical (unpaired) electrons. The number of benzene rings is 2. The van der Waals surface area contributed by atoms with Crippen molar-refractivity contribution >= 4 is 33.4 Å². The van der Waals surface area contributed by atoms with Crippen LogP contribution in [0.15, 0.2) is 53.0 Å². The van der Waals surface area contributed by atoms with Crippen LogP contribution in [-0.2, 0) is 14.4 Å². The lowest BCUT2D eigenvalue weighted by molar-refractivity contribution is -0.143. The number of unbranched alkanes of at least 4 members (excludes halogenated alkanes) is 1. The van der Waals surface area contributed by atoms with Crippen molar-refractivity contribution in [2.45, 2.75) is 31.9 Å². The van der Waals surface area contributed by atoms with E-state index in [1.807, 2.05) is 37.3 Å². The number of halogens is 1. The second kappa shape index (κ2) is 7.56. The first kappa shape index (κ1) is 19.0. The van der Waals surface area contributed by atoms with E-state index in [4.69, 9.17) is 4.84 Å². The summed E-state index contributed by atoms with van der Waals surface area (Å²) in [7, 11) is 0. The van der Waals surface area contributed by atoms with Crippen molar-refractivity contribution < 1.29 is 19.5 Å². The van der Waals surface area contributed by atoms with Gasteiger partial charge in [0.1, 0.15) is 11.7 Å². The number of hydrogen-bond donors (Lipinski definition) is 1. The van der Waals surface area contributed by atoms with Gasteiger partial charge in [0.05, 0.1) is 11.7 Å². The molecular weight excluding hydrogens is 424 g/mol. The second-order valence-corrected chi connectivity index (χ2v) is 7.96. The van der Waals surface area contributed by atoms with Gasteiger partial charge in [-0.2, -0.15) is 0 Å². The van der Waals surface area contributed by atoms with E-state index >= 15 is 0 Å². The Morgan fingerprint density at radius 2 is 1.86 bits per heavy atom. The minimum Gasteiger partial charge on any atom is -0.508 e. The molecule has 2 fully saturated rings. The molecule has 0 unspecified atom stereocenters. The molecule has 2 aliphatic rings. The molecule has 2 saturated heterocycles. The van der Waals surface area contributed by atoms with Crippen molar-refractivity contribution in [2.75, 3.05) is 11.6 Å². The standard InChI is InChI=1S/C21H21BrN2O4/c1-2-3-11-23-20(26)17-18(15-12-13(22)9-10-16(15)25)24(28-19(17)21(23)27)14-7-5-4-6-8-14/h4-10,12,17-19,25H,2-3,11H2,1H3/t17-,18+,19-/m1/s1. The minimum atomic E-state index is -0.882. The summed E-state index contributed by atoms with van der Waals surface area (Å²) in [4.78, 5) is 33.4. The van der Waals surface area contributed by atoms with E-state index in [1.54, 1.807) is 23.3 Å². The van der Waals surface area contributed by atoms with Crippen LogP contribution in [-0.4, -0.2) is 34.5 Å². The Morgan fingerprint density at radius 1 is 1.11 bits per heavy atom. The van der Waals surface area contributed by atoms with Crippen molar-refractivity contribution in [1.29, 1.82) is 0 Å². The molecule has 3 atom stereocenters. The number of hydroxylamine groups is 1. The predicted octanol–water partition coefficient (Wildman–Crippen LogP) is 3.80. The van der Waals surface area contributed by atoms with Crippen LogP contribution in [0.1, 0.15) is 31.4 Å². The maximum absolute atomic E-state index is 13.2. The molecule has 0 spiro atoms. The van der Waals surface area contributed by atoms with Gasteiger partial charge in [0, 0.05) is 16.6 Å². The molecule has 0 bridgehead atoms. The summed E-state index contributed by atoms with van der Waals surface area (Å²) in [6.45, 7) is 2.41. The van der Waals surface area contributed by atoms with Gasteiger partial charge in [-0.05, 0) is 36.8 Å². The number of nitrogens with zero attached hydrogens (tertiary/aromatic N) is 2. The van der Waals surface area contributed by atoms with E-state index in [-0.39, 0.29) is 17.6 Å². The highest BCUT2D eigenvalue weighted by Crippen LogP contribution is 2.49. The molecule has 1 N–H and O–H groups in total. The number of likely N-dealkylation sites (tertiary alicyclic amines) is 1. The van der Waals surface area contributed by atoms with Crippen LogP contribution in [0, 0.1) is 5.92 Å². The normalized spacial score (nSPS) is 24.1. The number of carbonyl (C=O) groups excluding carboxylic acids is 2. The van der Waals surface area contributed by atoms with Gasteiger partial charge < -0.3 is 5.11 Å². The molecular formula is C21H21BrN2O4. The van der Waals surface area contributed by atoms with Crippen LogP contribution < -0.4 is 5.06 Å². The van der Waals surface area contributed by atoms with E-state index in [0.717, 1.165) is 23.0 Å². The molecule has 0 aromatic heterocycles. The summed E-state index contributed by atoms with van der Waals surface area (Å²) >= 11 is 3.43. The van der Waals surface area contributed by atoms with E-state index in [0.29, 0.717) is 12.1 Å². The first-order valence-electron chi connectivity index (χ1n) is 9.37. The average molecular weight is 445 g/mol. The predicted molar refractivity (Wildman–Crippen MR) is 107 cm³/mol. The summed E-state index contributed by atoms with van der Waals surface area (Å²) in [6.07, 6.45) is 0.763. The zero-order valence-electron chi connectivity index (χ0n) is 15.4. The topological polar surface area (TPSA) is 70.1 Å². The largest absolute Gasteiger partial charge is 0.508 e. The Bertz CT molecular complexity index is 905. The van der Waals surface area contributed by atoms with Crippen LogP contribution in [0.4, 0.5) is 5.69 Å². The smallest absolute Gasteiger partial charge is 0.261 e. The molecule has 2 amide bonds. The zero-order chi connectivity index (χ0) is 19.8. The number of anilines is 1. The Hall–Kier alpha value is -2.38. The van der Waals surface area contributed by atoms with Crippen LogP contribution in [0.3, 0.4) is 0 Å². The van der Waals surface area contributed by atoms with Crippen LogP contribution in [0.5, 0.6) is 5.75 Å². The number of phenols is 1. The number of fused-ring (bicyclic) bond motifs is 1. The molecule has 4 rings (SSSR count). The van der Waals surface area contributed by atoms with Crippen molar-refractivity contribution in [1.82, 2.24) is 4.90 Å². The minimum absolute atomic E-state index is 0.0608. The third-order valence-corrected chi connectivity index (χ3v) is 5.75. The highest BCUT2D eigenvalue weighted by atomic mass is 79.9. The molecule has 2 aliphatic heterocycles. The monoisotopic (exact) mass is 444 g/mol. The molecule has 2 aromatic carbocycles. The van der Waals surface area contributed by atoms with E-state index < -0.39 is 18.1 Å². The van der Waals surface area contributed by atoms with Gasteiger partial charge in [0.2, 0.25) is 5.91 Å². The zero-order valence-corrected chi connectivity index (χ0v) is 17.0. The van der Waals surface area contributed by atoms with Crippen molar-refractivity contribution in [3.63, 3.8) is 0 Å². The summed E-state index contributed by atoms with van der Waals surface area (Å²) in [6, 6.07) is 13.8. The summed E-state index contributed by atoms with van der Waals surface area (Å²) in [5, 5.41) is 12.1. The first-order chi connectivity index (χ1) is 13.5. The Labute approximate surface area is 171 Å². The quantitative estimate of drug-likeness (QED) is 0.710. The van der Waals surface area contributed by atoms with Gasteiger partial charge in [-0.25, -0.2) is 5.06 Å². The second-order valence-electron chi connectivity index (χ2n) is 7.04. The lowest BCUT2D eigenvalue weighted by atomic mass is 9.90. The number of rotatable bonds is 5. The third-order valence-electron chi connectivity index (χ3n) is 5.26. The van der Waals surface area contributed by atoms with E-state index in [1.165, 1.54) is 4.90 Å². The molecule has 6 nitrogen and oxygen atoms in total. The van der Waals surface area contributed by atoms with Crippen molar-refractivity contribution in [3.05, 3.63) is 58.6 Å². The number of aromatic hydroxyl groups is 1. The fraction of sp³-hybridized carbons (Fsp3) is 0.333. The number of amides is 2. The highest BCUT2D eigenvalue weighted by Gasteiger charge is 2.60. The third kappa shape index (κ3) is 3.08. The van der Waals surface area contributed by atoms with Crippen LogP contribution in [0.25, 0.3) is 0 Å². The number of imide groups is 1. The summed E-state index contributed by atoms with van der Waals surface area (Å²) < 4.78 is 0.774. The van der Waals surface area contributed by atoms with E-state index in [2.05, 4.69) is 15.9 Å². The van der Waals surface area contributed by atoms with Gasteiger partial charge in [-0.15, -0.1) is 0 Å². The lowest BCUT2D eigenvalue weighted by Gasteiger charge is -2.29. The highest BCUT2D eigenvalue weighted by molar-refractivity contribution is 9.10. The number of phenolic OH excluding ortho intramolecular Hbond substituents is 1. The molecule has 0 aliphatic carbocycles. The van der Waals surface area contributed by atoms with Gasteiger partial charge >= 0.3 is 0 Å². The van der Waals surface area contributed by atoms with Crippen molar-refractivity contribution in [2.24, 2.45) is 5.92 Å². The Kier molecular flexibility index (Phi) is 5.12. The maximum atomic E-state index is 13.2. The molecule has 7 heteroatoms. The Morgan fingerprint density at radius 3 is 2.57 bits per heavy atom. The van der Waals surface area contributed by atoms with Crippen molar-refractivity contribution in [3.8, 4) is 5.75 Å². The average Bonchev–Trinajstić information content (AvgIpc) is 3.20. The summed E-state index contributed by atoms with van der Waals surface area (Å²) in [5.41, 5.74) is 1.27. The van der Waals surface area contributed by atoms with Crippen LogP contribution in [0.2, 0.25) is 0 Å². The van der Waals surface area contributed by atoms with Gasteiger partial charge in [-0.1, -0.05) is 47.5 Å². The van der Waals surface area contributed by atoms with Crippen LogP contribution >= 0.6 is 15.9 Å². The first-order valence-corrected chi connectivity index (χ1v) is 10.2. The number of hydrogen-bond acceptors (Lipinski definition) is 5. The molecule has 2 aromatic rings. The maximum Gasteiger partial charge on any atom is 0.261 e. The van der Waals surface area contributed by atoms with Gasteiger partial charge in [0.15, 0.2) is 6.10 Å². The number of carbonyl (C=O) groups is 2. The fourth-order valence-corrected chi connectivity index (χ4v) is 4.26. The number of para-hydroxylation sites is 1. The van der Waals surface area contributed by atoms with E-state index in [9.17, 15) is 14.7 Å². The lowest BCUT2D eigenvalue weighted by Crippen LogP contribution is -2.37. The molecule has 146 valence electrons. The molecule has 2 heterocycles.